The number of carbonyl (C=O) groups excluding carboxylic acids is 1. The Bertz CT molecular complexity index is 600. The SMILES string of the molecule is O=C1O[C@@H](c2cccc(F)c2)[C@H](c2ccccc2)S1. The Morgan fingerprint density at radius 3 is 2.47 bits per heavy atom. The number of halogens is 1. The molecule has 2 nitrogen and oxygen atoms in total. The van der Waals surface area contributed by atoms with Crippen LogP contribution in [0.3, 0.4) is 0 Å². The van der Waals surface area contributed by atoms with E-state index in [2.05, 4.69) is 0 Å². The number of benzene rings is 2. The highest BCUT2D eigenvalue weighted by molar-refractivity contribution is 8.13. The van der Waals surface area contributed by atoms with E-state index in [9.17, 15) is 9.18 Å². The van der Waals surface area contributed by atoms with Crippen LogP contribution in [-0.4, -0.2) is 5.30 Å². The van der Waals surface area contributed by atoms with E-state index in [1.54, 1.807) is 12.1 Å². The molecule has 3 rings (SSSR count). The average Bonchev–Trinajstić information content (AvgIpc) is 2.82. The van der Waals surface area contributed by atoms with Gasteiger partial charge in [0.05, 0.1) is 5.25 Å². The maximum absolute atomic E-state index is 13.3. The van der Waals surface area contributed by atoms with Gasteiger partial charge < -0.3 is 4.74 Å². The smallest absolute Gasteiger partial charge is 0.368 e. The summed E-state index contributed by atoms with van der Waals surface area (Å²) in [6, 6.07) is 15.9. The van der Waals surface area contributed by atoms with Crippen LogP contribution in [0.4, 0.5) is 9.18 Å². The van der Waals surface area contributed by atoms with Gasteiger partial charge in [0.25, 0.3) is 0 Å². The van der Waals surface area contributed by atoms with Gasteiger partial charge in [-0.15, -0.1) is 0 Å². The van der Waals surface area contributed by atoms with E-state index in [1.165, 1.54) is 12.1 Å². The van der Waals surface area contributed by atoms with Gasteiger partial charge in [-0.2, -0.15) is 0 Å². The molecular weight excluding hydrogens is 263 g/mol. The number of rotatable bonds is 2. The highest BCUT2D eigenvalue weighted by atomic mass is 32.2. The molecule has 0 unspecified atom stereocenters. The fraction of sp³-hybridized carbons (Fsp3) is 0.133. The molecule has 0 bridgehead atoms. The lowest BCUT2D eigenvalue weighted by Gasteiger charge is -2.17. The molecule has 0 aromatic heterocycles. The summed E-state index contributed by atoms with van der Waals surface area (Å²) in [5.41, 5.74) is 1.69. The van der Waals surface area contributed by atoms with E-state index < -0.39 is 6.10 Å². The van der Waals surface area contributed by atoms with Gasteiger partial charge in [-0.3, -0.25) is 0 Å². The van der Waals surface area contributed by atoms with Gasteiger partial charge in [0.2, 0.25) is 0 Å². The van der Waals surface area contributed by atoms with Crippen LogP contribution >= 0.6 is 11.8 Å². The largest absolute Gasteiger partial charge is 0.448 e. The quantitative estimate of drug-likeness (QED) is 0.755. The first-order valence-electron chi connectivity index (χ1n) is 5.92. The third kappa shape index (κ3) is 2.49. The van der Waals surface area contributed by atoms with E-state index in [1.807, 2.05) is 30.3 Å². The Kier molecular flexibility index (Phi) is 3.25. The highest BCUT2D eigenvalue weighted by Gasteiger charge is 2.38. The van der Waals surface area contributed by atoms with Gasteiger partial charge in [0.15, 0.2) is 0 Å². The maximum atomic E-state index is 13.3. The van der Waals surface area contributed by atoms with Crippen molar-refractivity contribution in [3.63, 3.8) is 0 Å². The van der Waals surface area contributed by atoms with E-state index in [0.29, 0.717) is 5.56 Å². The average molecular weight is 274 g/mol. The second-order valence-electron chi connectivity index (χ2n) is 4.29. The molecule has 2 atom stereocenters. The predicted molar refractivity (Wildman–Crippen MR) is 72.4 cm³/mol. The first-order chi connectivity index (χ1) is 9.24. The van der Waals surface area contributed by atoms with Crippen LogP contribution in [0.1, 0.15) is 22.5 Å². The molecule has 1 heterocycles. The Hall–Kier alpha value is -1.81. The molecule has 1 aliphatic heterocycles. The van der Waals surface area contributed by atoms with Gasteiger partial charge in [0.1, 0.15) is 11.9 Å². The molecule has 4 heteroatoms. The second kappa shape index (κ2) is 5.05. The first kappa shape index (κ1) is 12.2. The molecule has 0 aliphatic carbocycles. The van der Waals surface area contributed by atoms with Crippen molar-refractivity contribution in [2.24, 2.45) is 0 Å². The normalized spacial score (nSPS) is 22.3. The van der Waals surface area contributed by atoms with E-state index in [-0.39, 0.29) is 16.4 Å². The zero-order valence-corrected chi connectivity index (χ0v) is 10.8. The molecule has 0 amide bonds. The van der Waals surface area contributed by atoms with E-state index in [4.69, 9.17) is 4.74 Å². The summed E-state index contributed by atoms with van der Waals surface area (Å²) in [6.07, 6.45) is -0.435. The number of ether oxygens (including phenoxy) is 1. The summed E-state index contributed by atoms with van der Waals surface area (Å²) >= 11 is 1.14. The molecule has 0 saturated carbocycles. The van der Waals surface area contributed by atoms with Crippen molar-refractivity contribution in [2.75, 3.05) is 0 Å². The Balaban J connectivity index is 1.97. The third-order valence-electron chi connectivity index (χ3n) is 3.03. The molecule has 0 spiro atoms. The lowest BCUT2D eigenvalue weighted by atomic mass is 10.0. The van der Waals surface area contributed by atoms with Gasteiger partial charge in [-0.05, 0) is 35.0 Å². The summed E-state index contributed by atoms with van der Waals surface area (Å²) in [4.78, 5) is 11.5. The van der Waals surface area contributed by atoms with Crippen LogP contribution in [-0.2, 0) is 4.74 Å². The Labute approximate surface area is 114 Å². The number of hydrogen-bond acceptors (Lipinski definition) is 3. The van der Waals surface area contributed by atoms with Gasteiger partial charge >= 0.3 is 5.30 Å². The molecule has 1 fully saturated rings. The minimum Gasteiger partial charge on any atom is -0.448 e. The van der Waals surface area contributed by atoms with Crippen molar-refractivity contribution in [3.8, 4) is 0 Å². The number of hydrogen-bond donors (Lipinski definition) is 0. The van der Waals surface area contributed by atoms with Crippen molar-refractivity contribution < 1.29 is 13.9 Å². The van der Waals surface area contributed by atoms with E-state index >= 15 is 0 Å². The molecule has 96 valence electrons. The minimum absolute atomic E-state index is 0.129. The van der Waals surface area contributed by atoms with Gasteiger partial charge in [0, 0.05) is 0 Å². The highest BCUT2D eigenvalue weighted by Crippen LogP contribution is 2.49. The summed E-state index contributed by atoms with van der Waals surface area (Å²) < 4.78 is 18.6. The fourth-order valence-corrected chi connectivity index (χ4v) is 3.17. The zero-order valence-electron chi connectivity index (χ0n) is 9.95. The Morgan fingerprint density at radius 1 is 1.00 bits per heavy atom. The molecule has 2 aromatic carbocycles. The second-order valence-corrected chi connectivity index (χ2v) is 5.37. The van der Waals surface area contributed by atoms with Crippen LogP contribution in [0.2, 0.25) is 0 Å². The molecular formula is C15H11FO2S. The van der Waals surface area contributed by atoms with Crippen LogP contribution in [0, 0.1) is 5.82 Å². The molecule has 19 heavy (non-hydrogen) atoms. The van der Waals surface area contributed by atoms with Gasteiger partial charge in [-0.1, -0.05) is 42.5 Å². The van der Waals surface area contributed by atoms with Crippen LogP contribution in [0.5, 0.6) is 0 Å². The molecule has 0 radical (unpaired) electrons. The molecule has 2 aromatic rings. The standard InChI is InChI=1S/C15H11FO2S/c16-12-8-4-7-11(9-12)13-14(19-15(17)18-13)10-5-2-1-3-6-10/h1-9,13-14H/t13-,14-/m0/s1. The van der Waals surface area contributed by atoms with Crippen molar-refractivity contribution in [2.45, 2.75) is 11.4 Å². The number of cyclic esters (lactones) is 1. The van der Waals surface area contributed by atoms with Gasteiger partial charge in [-0.25, -0.2) is 9.18 Å². The predicted octanol–water partition coefficient (Wildman–Crippen LogP) is 4.49. The van der Waals surface area contributed by atoms with E-state index in [0.717, 1.165) is 17.3 Å². The van der Waals surface area contributed by atoms with Crippen LogP contribution in [0.15, 0.2) is 54.6 Å². The fourth-order valence-electron chi connectivity index (χ4n) is 2.17. The Morgan fingerprint density at radius 2 is 1.74 bits per heavy atom. The first-order valence-corrected chi connectivity index (χ1v) is 6.80. The van der Waals surface area contributed by atoms with Crippen molar-refractivity contribution in [3.05, 3.63) is 71.5 Å². The van der Waals surface area contributed by atoms with Crippen LogP contribution in [0.25, 0.3) is 0 Å². The summed E-state index contributed by atoms with van der Waals surface area (Å²) in [6.45, 7) is 0. The number of carbonyl (C=O) groups is 1. The maximum Gasteiger partial charge on any atom is 0.368 e. The molecule has 1 saturated heterocycles. The molecule has 1 aliphatic rings. The lowest BCUT2D eigenvalue weighted by Crippen LogP contribution is -2.05. The topological polar surface area (TPSA) is 26.3 Å². The van der Waals surface area contributed by atoms with Crippen molar-refractivity contribution in [1.29, 1.82) is 0 Å². The summed E-state index contributed by atoms with van der Waals surface area (Å²) in [7, 11) is 0. The van der Waals surface area contributed by atoms with Crippen molar-refractivity contribution in [1.82, 2.24) is 0 Å². The summed E-state index contributed by atoms with van der Waals surface area (Å²) in [5, 5.41) is -0.446. The third-order valence-corrected chi connectivity index (χ3v) is 4.09. The zero-order chi connectivity index (χ0) is 13.2. The number of thioether (sulfide) groups is 1. The summed E-state index contributed by atoms with van der Waals surface area (Å²) in [5.74, 6) is -0.322. The monoisotopic (exact) mass is 274 g/mol. The minimum atomic E-state index is -0.435. The van der Waals surface area contributed by atoms with Crippen molar-refractivity contribution >= 4 is 17.1 Å². The van der Waals surface area contributed by atoms with Crippen LogP contribution < -0.4 is 0 Å². The molecule has 0 N–H and O–H groups in total. The lowest BCUT2D eigenvalue weighted by molar-refractivity contribution is 0.133.